The molecule has 7 nitrogen and oxygen atoms in total. The number of carbonyl (C=O) groups is 1. The highest BCUT2D eigenvalue weighted by molar-refractivity contribution is 7.99. The van der Waals surface area contributed by atoms with E-state index in [9.17, 15) is 4.79 Å². The Morgan fingerprint density at radius 3 is 2.22 bits per heavy atom. The minimum Gasteiger partial charge on any atom is -0.363 e. The van der Waals surface area contributed by atoms with Crippen LogP contribution in [0.4, 0.5) is 10.3 Å². The number of aromatic nitrogens is 4. The molecule has 0 aliphatic heterocycles. The molecule has 0 atom stereocenters. The molecule has 142 valence electrons. The quantitative estimate of drug-likeness (QED) is 0.487. The number of rotatable bonds is 10. The Morgan fingerprint density at radius 2 is 1.59 bits per heavy atom. The summed E-state index contributed by atoms with van der Waals surface area (Å²) in [6.07, 6.45) is 2.10. The molecule has 1 aromatic carbocycles. The van der Waals surface area contributed by atoms with Crippen molar-refractivity contribution in [2.75, 3.05) is 29.2 Å². The Balaban J connectivity index is 1.34. The molecular formula is C17H20N6OS3. The minimum atomic E-state index is -0.0729. The number of benzene rings is 1. The molecule has 0 spiro atoms. The maximum atomic E-state index is 12.1. The van der Waals surface area contributed by atoms with Crippen molar-refractivity contribution < 1.29 is 4.79 Å². The van der Waals surface area contributed by atoms with Crippen molar-refractivity contribution in [3.8, 4) is 0 Å². The van der Waals surface area contributed by atoms with Crippen molar-refractivity contribution in [2.24, 2.45) is 0 Å². The largest absolute Gasteiger partial charge is 0.363 e. The van der Waals surface area contributed by atoms with E-state index in [1.807, 2.05) is 49.1 Å². The molecule has 2 aromatic heterocycles. The van der Waals surface area contributed by atoms with Crippen LogP contribution in [0.3, 0.4) is 0 Å². The summed E-state index contributed by atoms with van der Waals surface area (Å²) >= 11 is 4.88. The number of carbonyl (C=O) groups excluding carboxylic acids is 1. The lowest BCUT2D eigenvalue weighted by Gasteiger charge is -2.00. The van der Waals surface area contributed by atoms with Crippen LogP contribution in [0.15, 0.2) is 30.3 Å². The van der Waals surface area contributed by atoms with Crippen LogP contribution in [0.2, 0.25) is 0 Å². The highest BCUT2D eigenvalue weighted by Crippen LogP contribution is 2.19. The number of anilines is 2. The van der Waals surface area contributed by atoms with Gasteiger partial charge in [0.05, 0.1) is 6.42 Å². The summed E-state index contributed by atoms with van der Waals surface area (Å²) in [5, 5.41) is 25.6. The lowest BCUT2D eigenvalue weighted by molar-refractivity contribution is -0.115. The fourth-order valence-electron chi connectivity index (χ4n) is 2.23. The van der Waals surface area contributed by atoms with Crippen LogP contribution in [0.1, 0.15) is 15.6 Å². The van der Waals surface area contributed by atoms with Crippen LogP contribution in [0.25, 0.3) is 0 Å². The zero-order chi connectivity index (χ0) is 18.9. The second-order valence-electron chi connectivity index (χ2n) is 5.57. The number of aryl methyl sites for hydroxylation is 2. The highest BCUT2D eigenvalue weighted by atomic mass is 32.2. The molecule has 0 radical (unpaired) electrons. The van der Waals surface area contributed by atoms with Crippen LogP contribution >= 0.6 is 34.4 Å². The maximum Gasteiger partial charge on any atom is 0.230 e. The number of hydrogen-bond acceptors (Lipinski definition) is 9. The molecule has 0 aliphatic carbocycles. The highest BCUT2D eigenvalue weighted by Gasteiger charge is 2.09. The first-order valence-electron chi connectivity index (χ1n) is 8.47. The fourth-order valence-corrected chi connectivity index (χ4v) is 4.81. The predicted octanol–water partition coefficient (Wildman–Crippen LogP) is 3.13. The average molecular weight is 421 g/mol. The van der Waals surface area contributed by atoms with E-state index >= 15 is 0 Å². The van der Waals surface area contributed by atoms with Crippen molar-refractivity contribution in [1.29, 1.82) is 0 Å². The van der Waals surface area contributed by atoms with Gasteiger partial charge in [0.2, 0.25) is 16.2 Å². The third-order valence-electron chi connectivity index (χ3n) is 3.52. The van der Waals surface area contributed by atoms with Crippen LogP contribution in [0.5, 0.6) is 0 Å². The van der Waals surface area contributed by atoms with E-state index in [0.717, 1.165) is 45.1 Å². The van der Waals surface area contributed by atoms with Gasteiger partial charge in [0.1, 0.15) is 10.0 Å². The van der Waals surface area contributed by atoms with Gasteiger partial charge >= 0.3 is 0 Å². The van der Waals surface area contributed by atoms with Crippen molar-refractivity contribution >= 4 is 50.6 Å². The molecule has 2 heterocycles. The summed E-state index contributed by atoms with van der Waals surface area (Å²) in [4.78, 5) is 12.1. The minimum absolute atomic E-state index is 0.0729. The van der Waals surface area contributed by atoms with Gasteiger partial charge in [-0.25, -0.2) is 0 Å². The number of thioether (sulfide) groups is 1. The predicted molar refractivity (Wildman–Crippen MR) is 113 cm³/mol. The van der Waals surface area contributed by atoms with Gasteiger partial charge in [0, 0.05) is 19.9 Å². The van der Waals surface area contributed by atoms with Crippen molar-refractivity contribution in [2.45, 2.75) is 19.3 Å². The molecule has 27 heavy (non-hydrogen) atoms. The Kier molecular flexibility index (Phi) is 7.55. The normalized spacial score (nSPS) is 10.7. The zero-order valence-corrected chi connectivity index (χ0v) is 17.3. The van der Waals surface area contributed by atoms with E-state index in [0.29, 0.717) is 11.6 Å². The van der Waals surface area contributed by atoms with E-state index in [1.54, 1.807) is 11.3 Å². The third kappa shape index (κ3) is 6.56. The molecule has 2 N–H and O–H groups in total. The number of hydrogen-bond donors (Lipinski definition) is 2. The molecule has 0 aliphatic rings. The first-order valence-corrected chi connectivity index (χ1v) is 11.3. The van der Waals surface area contributed by atoms with Gasteiger partial charge in [-0.15, -0.1) is 20.4 Å². The van der Waals surface area contributed by atoms with Gasteiger partial charge in [0.25, 0.3) is 0 Å². The SMILES string of the molecule is CNc1nnc(CCSCCc2nnc(NC(=O)Cc3ccccc3)s2)s1. The Bertz CT molecular complexity index is 851. The number of nitrogens with zero attached hydrogens (tertiary/aromatic N) is 4. The van der Waals surface area contributed by atoms with Crippen LogP contribution in [-0.2, 0) is 24.1 Å². The molecule has 10 heteroatoms. The van der Waals surface area contributed by atoms with Gasteiger partial charge < -0.3 is 10.6 Å². The summed E-state index contributed by atoms with van der Waals surface area (Å²) in [6.45, 7) is 0. The van der Waals surface area contributed by atoms with Gasteiger partial charge in [-0.2, -0.15) is 11.8 Å². The topological polar surface area (TPSA) is 92.7 Å². The van der Waals surface area contributed by atoms with E-state index in [-0.39, 0.29) is 5.91 Å². The van der Waals surface area contributed by atoms with Crippen molar-refractivity contribution in [1.82, 2.24) is 20.4 Å². The molecular weight excluding hydrogens is 400 g/mol. The van der Waals surface area contributed by atoms with Gasteiger partial charge in [-0.1, -0.05) is 53.0 Å². The van der Waals surface area contributed by atoms with Crippen LogP contribution in [-0.4, -0.2) is 44.9 Å². The lowest BCUT2D eigenvalue weighted by Crippen LogP contribution is -2.14. The molecule has 0 saturated carbocycles. The van der Waals surface area contributed by atoms with Gasteiger partial charge in [-0.05, 0) is 17.1 Å². The smallest absolute Gasteiger partial charge is 0.230 e. The van der Waals surface area contributed by atoms with E-state index < -0.39 is 0 Å². The standard InChI is InChI=1S/C17H20N6OS3/c1-18-16-22-20-14(26-16)7-9-25-10-8-15-21-23-17(27-15)19-13(24)11-12-5-3-2-4-6-12/h2-6H,7-11H2,1H3,(H,18,22)(H,19,23,24). The third-order valence-corrected chi connectivity index (χ3v) is 6.41. The number of nitrogens with one attached hydrogen (secondary N) is 2. The van der Waals surface area contributed by atoms with Crippen molar-refractivity contribution in [3.05, 3.63) is 45.9 Å². The second-order valence-corrected chi connectivity index (χ2v) is 8.92. The molecule has 0 fully saturated rings. The summed E-state index contributed by atoms with van der Waals surface area (Å²) in [5.41, 5.74) is 0.980. The van der Waals surface area contributed by atoms with Crippen molar-refractivity contribution in [3.63, 3.8) is 0 Å². The Hall–Kier alpha value is -2.04. The maximum absolute atomic E-state index is 12.1. The van der Waals surface area contributed by atoms with E-state index in [2.05, 4.69) is 31.0 Å². The first kappa shape index (κ1) is 19.7. The summed E-state index contributed by atoms with van der Waals surface area (Å²) in [6, 6.07) is 9.65. The first-order chi connectivity index (χ1) is 13.2. The van der Waals surface area contributed by atoms with E-state index in [4.69, 9.17) is 0 Å². The zero-order valence-electron chi connectivity index (χ0n) is 14.8. The van der Waals surface area contributed by atoms with Crippen LogP contribution < -0.4 is 10.6 Å². The Morgan fingerprint density at radius 1 is 0.963 bits per heavy atom. The molecule has 0 bridgehead atoms. The van der Waals surface area contributed by atoms with Crippen LogP contribution in [0, 0.1) is 0 Å². The van der Waals surface area contributed by atoms with Gasteiger partial charge in [0.15, 0.2) is 0 Å². The molecule has 0 saturated heterocycles. The molecule has 0 unspecified atom stereocenters. The second kappa shape index (κ2) is 10.3. The number of amides is 1. The lowest BCUT2D eigenvalue weighted by atomic mass is 10.1. The Labute approximate surface area is 170 Å². The summed E-state index contributed by atoms with van der Waals surface area (Å²) in [5.74, 6) is 1.89. The average Bonchev–Trinajstić information content (AvgIpc) is 3.31. The van der Waals surface area contributed by atoms with E-state index in [1.165, 1.54) is 11.3 Å². The molecule has 3 rings (SSSR count). The molecule has 3 aromatic rings. The summed E-state index contributed by atoms with van der Waals surface area (Å²) < 4.78 is 0. The monoisotopic (exact) mass is 420 g/mol. The summed E-state index contributed by atoms with van der Waals surface area (Å²) in [7, 11) is 1.85. The fraction of sp³-hybridized carbons (Fsp3) is 0.353. The molecule has 1 amide bonds. The van der Waals surface area contributed by atoms with Gasteiger partial charge in [-0.3, -0.25) is 4.79 Å².